The number of rotatable bonds is 5. The van der Waals surface area contributed by atoms with Crippen LogP contribution < -0.4 is 5.32 Å². The summed E-state index contributed by atoms with van der Waals surface area (Å²) in [6.07, 6.45) is 3.20. The number of benzene rings is 2. The van der Waals surface area contributed by atoms with Gasteiger partial charge in [0.05, 0.1) is 18.6 Å². The fourth-order valence-electron chi connectivity index (χ4n) is 3.73. The van der Waals surface area contributed by atoms with Gasteiger partial charge in [0, 0.05) is 26.2 Å². The van der Waals surface area contributed by atoms with Crippen LogP contribution in [0.3, 0.4) is 0 Å². The Kier molecular flexibility index (Phi) is 6.34. The number of nitrogens with zero attached hydrogens (tertiary/aromatic N) is 3. The number of carbonyl (C=O) groups excluding carboxylic acids is 1. The van der Waals surface area contributed by atoms with E-state index in [1.807, 2.05) is 60.7 Å². The average molecular weight is 440 g/mol. The number of hydrogen-bond donors (Lipinski definition) is 2. The maximum atomic E-state index is 13.1. The van der Waals surface area contributed by atoms with Gasteiger partial charge in [-0.3, -0.25) is 0 Å². The SMILES string of the molecule is O=C(NC(c1ccccc1)c1ccccc1)N1CCCN(S(=O)(=O)c2cnc[nH]2)CC1. The predicted octanol–water partition coefficient (Wildman–Crippen LogP) is 2.61. The molecule has 0 unspecified atom stereocenters. The quantitative estimate of drug-likeness (QED) is 0.638. The molecule has 1 aliphatic rings. The van der Waals surface area contributed by atoms with Gasteiger partial charge in [-0.05, 0) is 17.5 Å². The van der Waals surface area contributed by atoms with E-state index in [1.54, 1.807) is 4.90 Å². The summed E-state index contributed by atoms with van der Waals surface area (Å²) in [5.74, 6) is 0. The molecule has 0 saturated carbocycles. The van der Waals surface area contributed by atoms with Crippen LogP contribution in [0.15, 0.2) is 78.2 Å². The normalized spacial score (nSPS) is 15.6. The van der Waals surface area contributed by atoms with Crippen LogP contribution in [0.2, 0.25) is 0 Å². The maximum Gasteiger partial charge on any atom is 0.318 e. The second-order valence-corrected chi connectivity index (χ2v) is 9.27. The number of hydrogen-bond acceptors (Lipinski definition) is 4. The van der Waals surface area contributed by atoms with Crippen LogP contribution in [-0.4, -0.2) is 59.8 Å². The zero-order valence-corrected chi connectivity index (χ0v) is 17.8. The molecular formula is C22H25N5O3S. The van der Waals surface area contributed by atoms with E-state index in [9.17, 15) is 13.2 Å². The van der Waals surface area contributed by atoms with Crippen LogP contribution >= 0.6 is 0 Å². The summed E-state index contributed by atoms with van der Waals surface area (Å²) < 4.78 is 26.9. The van der Waals surface area contributed by atoms with Crippen molar-refractivity contribution in [3.63, 3.8) is 0 Å². The van der Waals surface area contributed by atoms with Crippen molar-refractivity contribution < 1.29 is 13.2 Å². The molecule has 3 aromatic rings. The van der Waals surface area contributed by atoms with Crippen LogP contribution in [0.25, 0.3) is 0 Å². The molecule has 0 atom stereocenters. The third kappa shape index (κ3) is 4.78. The molecule has 0 radical (unpaired) electrons. The highest BCUT2D eigenvalue weighted by atomic mass is 32.2. The molecule has 0 aliphatic carbocycles. The van der Waals surface area contributed by atoms with Gasteiger partial charge in [-0.2, -0.15) is 4.31 Å². The Bertz CT molecular complexity index is 1050. The molecule has 0 spiro atoms. The zero-order chi connectivity index (χ0) is 21.7. The van der Waals surface area contributed by atoms with Gasteiger partial charge >= 0.3 is 6.03 Å². The van der Waals surface area contributed by atoms with Gasteiger partial charge in [0.15, 0.2) is 5.03 Å². The van der Waals surface area contributed by atoms with E-state index in [0.717, 1.165) is 11.1 Å². The van der Waals surface area contributed by atoms with Gasteiger partial charge in [0.25, 0.3) is 10.0 Å². The van der Waals surface area contributed by atoms with Gasteiger partial charge in [0.2, 0.25) is 0 Å². The van der Waals surface area contributed by atoms with E-state index in [2.05, 4.69) is 15.3 Å². The van der Waals surface area contributed by atoms with Gasteiger partial charge in [0.1, 0.15) is 0 Å². The molecule has 9 heteroatoms. The van der Waals surface area contributed by atoms with Crippen LogP contribution in [0, 0.1) is 0 Å². The minimum atomic E-state index is -3.64. The molecule has 2 aromatic carbocycles. The molecule has 1 saturated heterocycles. The molecular weight excluding hydrogens is 414 g/mol. The Morgan fingerprint density at radius 2 is 1.58 bits per heavy atom. The minimum absolute atomic E-state index is 0.0682. The maximum absolute atomic E-state index is 13.1. The number of H-pyrrole nitrogens is 1. The van der Waals surface area contributed by atoms with E-state index >= 15 is 0 Å². The smallest absolute Gasteiger partial charge is 0.318 e. The summed E-state index contributed by atoms with van der Waals surface area (Å²) in [4.78, 5) is 21.3. The predicted molar refractivity (Wildman–Crippen MR) is 117 cm³/mol. The highest BCUT2D eigenvalue weighted by molar-refractivity contribution is 7.89. The van der Waals surface area contributed by atoms with Gasteiger partial charge in [-0.15, -0.1) is 0 Å². The number of imidazole rings is 1. The Balaban J connectivity index is 1.47. The number of urea groups is 1. The zero-order valence-electron chi connectivity index (χ0n) is 17.0. The van der Waals surface area contributed by atoms with Crippen molar-refractivity contribution in [2.24, 2.45) is 0 Å². The van der Waals surface area contributed by atoms with Crippen molar-refractivity contribution in [1.82, 2.24) is 24.5 Å². The highest BCUT2D eigenvalue weighted by Crippen LogP contribution is 2.22. The molecule has 2 heterocycles. The summed E-state index contributed by atoms with van der Waals surface area (Å²) >= 11 is 0. The number of sulfonamides is 1. The molecule has 0 bridgehead atoms. The Hall–Kier alpha value is -3.17. The summed E-state index contributed by atoms with van der Waals surface area (Å²) in [5.41, 5.74) is 1.97. The Morgan fingerprint density at radius 1 is 0.935 bits per heavy atom. The first-order chi connectivity index (χ1) is 15.1. The standard InChI is InChI=1S/C22H25N5O3S/c28-22(25-21(18-8-3-1-4-9-18)19-10-5-2-6-11-19)26-12-7-13-27(15-14-26)31(29,30)20-16-23-17-24-20/h1-6,8-11,16-17,21H,7,12-15H2,(H,23,24)(H,25,28). The summed E-state index contributed by atoms with van der Waals surface area (Å²) in [5, 5.41) is 3.20. The van der Waals surface area contributed by atoms with Gasteiger partial charge in [-0.1, -0.05) is 60.7 Å². The molecule has 4 rings (SSSR count). The first-order valence-electron chi connectivity index (χ1n) is 10.2. The van der Waals surface area contributed by atoms with Crippen molar-refractivity contribution in [2.45, 2.75) is 17.5 Å². The van der Waals surface area contributed by atoms with Gasteiger partial charge in [-0.25, -0.2) is 18.2 Å². The van der Waals surface area contributed by atoms with Crippen LogP contribution in [0.5, 0.6) is 0 Å². The first-order valence-corrected chi connectivity index (χ1v) is 11.6. The topological polar surface area (TPSA) is 98.4 Å². The fraction of sp³-hybridized carbons (Fsp3) is 0.273. The summed E-state index contributed by atoms with van der Waals surface area (Å²) in [6.45, 7) is 1.38. The summed E-state index contributed by atoms with van der Waals surface area (Å²) in [7, 11) is -3.64. The van der Waals surface area contributed by atoms with E-state index in [4.69, 9.17) is 0 Å². The van der Waals surface area contributed by atoms with Crippen molar-refractivity contribution in [1.29, 1.82) is 0 Å². The highest BCUT2D eigenvalue weighted by Gasteiger charge is 2.30. The second kappa shape index (κ2) is 9.32. The fourth-order valence-corrected chi connectivity index (χ4v) is 5.09. The molecule has 2 N–H and O–H groups in total. The Labute approximate surface area is 182 Å². The van der Waals surface area contributed by atoms with E-state index in [0.29, 0.717) is 26.1 Å². The number of amides is 2. The molecule has 2 amide bonds. The lowest BCUT2D eigenvalue weighted by Gasteiger charge is -2.26. The lowest BCUT2D eigenvalue weighted by atomic mass is 9.99. The number of aromatic nitrogens is 2. The molecule has 1 aliphatic heterocycles. The van der Waals surface area contributed by atoms with E-state index < -0.39 is 10.0 Å². The number of carbonyl (C=O) groups is 1. The third-order valence-corrected chi connectivity index (χ3v) is 7.19. The van der Waals surface area contributed by atoms with Crippen molar-refractivity contribution in [3.05, 3.63) is 84.3 Å². The van der Waals surface area contributed by atoms with Crippen molar-refractivity contribution in [3.8, 4) is 0 Å². The number of aromatic amines is 1. The van der Waals surface area contributed by atoms with Crippen LogP contribution in [0.4, 0.5) is 4.79 Å². The average Bonchev–Trinajstić information content (AvgIpc) is 3.24. The minimum Gasteiger partial charge on any atom is -0.335 e. The van der Waals surface area contributed by atoms with Crippen molar-refractivity contribution in [2.75, 3.05) is 26.2 Å². The third-order valence-electron chi connectivity index (χ3n) is 5.37. The molecule has 1 aromatic heterocycles. The largest absolute Gasteiger partial charge is 0.335 e. The van der Waals surface area contributed by atoms with Crippen LogP contribution in [-0.2, 0) is 10.0 Å². The van der Waals surface area contributed by atoms with Crippen molar-refractivity contribution >= 4 is 16.1 Å². The van der Waals surface area contributed by atoms with E-state index in [-0.39, 0.29) is 23.6 Å². The second-order valence-electron chi connectivity index (χ2n) is 7.36. The van der Waals surface area contributed by atoms with Crippen LogP contribution in [0.1, 0.15) is 23.6 Å². The molecule has 31 heavy (non-hydrogen) atoms. The van der Waals surface area contributed by atoms with E-state index in [1.165, 1.54) is 16.8 Å². The van der Waals surface area contributed by atoms with Gasteiger partial charge < -0.3 is 15.2 Å². The monoisotopic (exact) mass is 439 g/mol. The first kappa shape index (κ1) is 21.1. The lowest BCUT2D eigenvalue weighted by molar-refractivity contribution is 0.198. The number of nitrogens with one attached hydrogen (secondary N) is 2. The molecule has 1 fully saturated rings. The Morgan fingerprint density at radius 3 is 2.16 bits per heavy atom. The molecule has 162 valence electrons. The summed E-state index contributed by atoms with van der Waals surface area (Å²) in [6, 6.07) is 19.1. The lowest BCUT2D eigenvalue weighted by Crippen LogP contribution is -2.44. The molecule has 8 nitrogen and oxygen atoms in total.